The molecule has 2 aliphatic carbocycles. The average molecular weight is 407 g/mol. The highest BCUT2D eigenvalue weighted by Crippen LogP contribution is 2.45. The summed E-state index contributed by atoms with van der Waals surface area (Å²) in [5.74, 6) is -0.208. The minimum atomic E-state index is -0.820. The van der Waals surface area contributed by atoms with Crippen molar-refractivity contribution in [3.8, 4) is 0 Å². The summed E-state index contributed by atoms with van der Waals surface area (Å²) in [6.07, 6.45) is 3.35. The summed E-state index contributed by atoms with van der Waals surface area (Å²) in [6, 6.07) is 7.22. The molecule has 1 aromatic carbocycles. The lowest BCUT2D eigenvalue weighted by Crippen LogP contribution is -2.56. The van der Waals surface area contributed by atoms with Crippen LogP contribution in [0.2, 0.25) is 5.02 Å². The van der Waals surface area contributed by atoms with Gasteiger partial charge in [-0.15, -0.1) is 0 Å². The van der Waals surface area contributed by atoms with Crippen LogP contribution in [0.5, 0.6) is 0 Å². The minimum absolute atomic E-state index is 0.0102. The third-order valence-corrected chi connectivity index (χ3v) is 7.18. The fourth-order valence-electron chi connectivity index (χ4n) is 5.26. The number of carbonyl (C=O) groups excluding carboxylic acids is 1. The second-order valence-corrected chi connectivity index (χ2v) is 9.11. The molecule has 3 fully saturated rings. The molecule has 1 saturated heterocycles. The van der Waals surface area contributed by atoms with Gasteiger partial charge in [-0.2, -0.15) is 0 Å². The number of hydrogen-bond acceptors (Lipinski definition) is 4. The average Bonchev–Trinajstić information content (AvgIpc) is 2.96. The Kier molecular flexibility index (Phi) is 5.38. The third kappa shape index (κ3) is 3.65. The molecule has 1 heterocycles. The lowest BCUT2D eigenvalue weighted by molar-refractivity contribution is -0.138. The number of fused-ring (bicyclic) bond motifs is 1. The number of likely N-dealkylation sites (tertiary alicyclic amines) is 1. The largest absolute Gasteiger partial charge is 0.480 e. The van der Waals surface area contributed by atoms with Gasteiger partial charge < -0.3 is 15.5 Å². The number of carboxylic acid groups (broad SMARTS) is 1. The first-order valence-electron chi connectivity index (χ1n) is 10.1. The zero-order chi connectivity index (χ0) is 19.9. The maximum absolute atomic E-state index is 13.2. The van der Waals surface area contributed by atoms with Gasteiger partial charge in [0.25, 0.3) is 0 Å². The lowest BCUT2D eigenvalue weighted by Gasteiger charge is -2.43. The first-order valence-corrected chi connectivity index (χ1v) is 10.4. The number of benzene rings is 1. The van der Waals surface area contributed by atoms with Crippen LogP contribution in [-0.2, 0) is 15.0 Å². The Morgan fingerprint density at radius 2 is 1.79 bits per heavy atom. The Bertz CT molecular complexity index is 749. The molecule has 4 rings (SSSR count). The van der Waals surface area contributed by atoms with Gasteiger partial charge >= 0.3 is 5.97 Å². The van der Waals surface area contributed by atoms with E-state index in [1.807, 2.05) is 29.2 Å². The molecule has 2 saturated carbocycles. The van der Waals surface area contributed by atoms with Crippen molar-refractivity contribution in [3.05, 3.63) is 34.9 Å². The summed E-state index contributed by atoms with van der Waals surface area (Å²) in [4.78, 5) is 26.1. The third-order valence-electron chi connectivity index (χ3n) is 6.93. The number of nitrogens with one attached hydrogen (secondary N) is 1. The molecule has 1 amide bonds. The number of carbonyl (C=O) groups is 2. The monoisotopic (exact) mass is 406 g/mol. The van der Waals surface area contributed by atoms with Crippen LogP contribution >= 0.6 is 11.6 Å². The van der Waals surface area contributed by atoms with Gasteiger partial charge in [-0.05, 0) is 55.2 Å². The smallest absolute Gasteiger partial charge is 0.317 e. The Morgan fingerprint density at radius 3 is 2.36 bits per heavy atom. The van der Waals surface area contributed by atoms with Crippen LogP contribution in [0.4, 0.5) is 0 Å². The first kappa shape index (κ1) is 19.7. The van der Waals surface area contributed by atoms with Crippen LogP contribution < -0.4 is 5.32 Å². The highest BCUT2D eigenvalue weighted by molar-refractivity contribution is 6.30. The van der Waals surface area contributed by atoms with Crippen molar-refractivity contribution in [1.29, 1.82) is 0 Å². The Balaban J connectivity index is 1.43. The number of nitrogens with zero attached hydrogens (tertiary/aromatic N) is 1. The number of amides is 1. The molecule has 4 atom stereocenters. The highest BCUT2D eigenvalue weighted by atomic mass is 35.5. The number of carboxylic acids is 1. The molecule has 0 bridgehead atoms. The second kappa shape index (κ2) is 7.65. The lowest BCUT2D eigenvalue weighted by atomic mass is 9.63. The normalized spacial score (nSPS) is 31.6. The van der Waals surface area contributed by atoms with Crippen LogP contribution in [0.25, 0.3) is 0 Å². The predicted molar refractivity (Wildman–Crippen MR) is 105 cm³/mol. The van der Waals surface area contributed by atoms with Crippen molar-refractivity contribution in [1.82, 2.24) is 10.2 Å². The highest BCUT2D eigenvalue weighted by Gasteiger charge is 2.48. The standard InChI is InChI=1S/C21H27ClN2O4/c22-16-4-2-15(3-5-16)21(6-1-7-21)20(28)23-17-8-13-10-24(12-19(26)27)11-14(13)9-18(17)25/h2-5,13-14,17-18,25H,1,6-12H2,(H,23,28)(H,26,27)/t13-,14+,17-,18-/m0/s1. The van der Waals surface area contributed by atoms with Crippen molar-refractivity contribution >= 4 is 23.5 Å². The van der Waals surface area contributed by atoms with E-state index in [0.717, 1.165) is 31.4 Å². The van der Waals surface area contributed by atoms with Gasteiger partial charge in [-0.1, -0.05) is 30.2 Å². The van der Waals surface area contributed by atoms with Crippen LogP contribution in [0, 0.1) is 11.8 Å². The van der Waals surface area contributed by atoms with Crippen molar-refractivity contribution in [3.63, 3.8) is 0 Å². The van der Waals surface area contributed by atoms with Crippen LogP contribution in [0.15, 0.2) is 24.3 Å². The summed E-state index contributed by atoms with van der Waals surface area (Å²) < 4.78 is 0. The maximum Gasteiger partial charge on any atom is 0.317 e. The SMILES string of the molecule is O=C(O)CN1C[C@H]2C[C@H](O)[C@@H](NC(=O)C3(c4ccc(Cl)cc4)CCC3)C[C@H]2C1. The quantitative estimate of drug-likeness (QED) is 0.696. The van der Waals surface area contributed by atoms with E-state index in [-0.39, 0.29) is 18.5 Å². The molecule has 0 spiro atoms. The fraction of sp³-hybridized carbons (Fsp3) is 0.619. The molecule has 3 aliphatic rings. The molecule has 3 N–H and O–H groups in total. The number of aliphatic hydroxyl groups is 1. The van der Waals surface area contributed by atoms with Crippen LogP contribution in [0.3, 0.4) is 0 Å². The molecule has 6 nitrogen and oxygen atoms in total. The van der Waals surface area contributed by atoms with Gasteiger partial charge in [0, 0.05) is 18.1 Å². The molecule has 0 radical (unpaired) electrons. The first-order chi connectivity index (χ1) is 13.4. The fourth-order valence-corrected chi connectivity index (χ4v) is 5.38. The van der Waals surface area contributed by atoms with Gasteiger partial charge in [0.05, 0.1) is 24.1 Å². The Labute approximate surface area is 169 Å². The minimum Gasteiger partial charge on any atom is -0.480 e. The number of aliphatic carboxylic acids is 1. The van der Waals surface area contributed by atoms with Crippen molar-refractivity contribution in [2.24, 2.45) is 11.8 Å². The number of aliphatic hydroxyl groups excluding tert-OH is 1. The molecule has 7 heteroatoms. The number of hydrogen-bond donors (Lipinski definition) is 3. The Hall–Kier alpha value is -1.63. The summed E-state index contributed by atoms with van der Waals surface area (Å²) in [5, 5.41) is 23.4. The topological polar surface area (TPSA) is 89.9 Å². The van der Waals surface area contributed by atoms with E-state index in [9.17, 15) is 14.7 Å². The van der Waals surface area contributed by atoms with Crippen molar-refractivity contribution in [2.75, 3.05) is 19.6 Å². The molecular weight excluding hydrogens is 380 g/mol. The van der Waals surface area contributed by atoms with Crippen LogP contribution in [0.1, 0.15) is 37.7 Å². The van der Waals surface area contributed by atoms with Crippen molar-refractivity contribution < 1.29 is 19.8 Å². The second-order valence-electron chi connectivity index (χ2n) is 8.67. The Morgan fingerprint density at radius 1 is 1.14 bits per heavy atom. The molecule has 1 aromatic rings. The van der Waals surface area contributed by atoms with E-state index in [0.29, 0.717) is 36.2 Å². The molecular formula is C21H27ClN2O4. The summed E-state index contributed by atoms with van der Waals surface area (Å²) in [7, 11) is 0. The van der Waals surface area contributed by atoms with E-state index < -0.39 is 17.5 Å². The van der Waals surface area contributed by atoms with E-state index >= 15 is 0 Å². The van der Waals surface area contributed by atoms with Gasteiger partial charge in [0.2, 0.25) is 5.91 Å². The van der Waals surface area contributed by atoms with Gasteiger partial charge in [-0.25, -0.2) is 0 Å². The van der Waals surface area contributed by atoms with Gasteiger partial charge in [0.15, 0.2) is 0 Å². The van der Waals surface area contributed by atoms with Crippen LogP contribution in [-0.4, -0.2) is 58.8 Å². The van der Waals surface area contributed by atoms with Crippen molar-refractivity contribution in [2.45, 2.75) is 49.7 Å². The van der Waals surface area contributed by atoms with E-state index in [1.54, 1.807) is 0 Å². The summed E-state index contributed by atoms with van der Waals surface area (Å²) >= 11 is 6.00. The number of rotatable bonds is 5. The summed E-state index contributed by atoms with van der Waals surface area (Å²) in [6.45, 7) is 1.47. The zero-order valence-electron chi connectivity index (χ0n) is 15.8. The number of halogens is 1. The van der Waals surface area contributed by atoms with E-state index in [2.05, 4.69) is 5.32 Å². The molecule has 28 heavy (non-hydrogen) atoms. The van der Waals surface area contributed by atoms with Gasteiger partial charge in [-0.3, -0.25) is 14.5 Å². The zero-order valence-corrected chi connectivity index (χ0v) is 16.6. The van der Waals surface area contributed by atoms with E-state index in [4.69, 9.17) is 16.7 Å². The predicted octanol–water partition coefficient (Wildman–Crippen LogP) is 2.03. The maximum atomic E-state index is 13.2. The molecule has 0 unspecified atom stereocenters. The molecule has 0 aromatic heterocycles. The molecule has 152 valence electrons. The van der Waals surface area contributed by atoms with Gasteiger partial charge in [0.1, 0.15) is 0 Å². The van der Waals surface area contributed by atoms with E-state index in [1.165, 1.54) is 0 Å². The molecule has 1 aliphatic heterocycles. The summed E-state index contributed by atoms with van der Waals surface area (Å²) in [5.41, 5.74) is 0.462.